The molecule has 2 atom stereocenters. The molecule has 1 fully saturated rings. The Morgan fingerprint density at radius 3 is 2.50 bits per heavy atom. The van der Waals surface area contributed by atoms with Gasteiger partial charge in [-0.2, -0.15) is 5.10 Å². The standard InChI is InChI=1S/C11H19N3/c1-11(2,3)10-8(6-14(4)13-10)7-5-9(7)12/h6-7,9H,5,12H2,1-4H3. The maximum atomic E-state index is 5.88. The predicted molar refractivity (Wildman–Crippen MR) is 57.2 cm³/mol. The van der Waals surface area contributed by atoms with E-state index < -0.39 is 0 Å². The zero-order valence-electron chi connectivity index (χ0n) is 9.41. The smallest absolute Gasteiger partial charge is 0.0713 e. The van der Waals surface area contributed by atoms with Gasteiger partial charge in [0.1, 0.15) is 0 Å². The summed E-state index contributed by atoms with van der Waals surface area (Å²) in [7, 11) is 1.98. The molecule has 2 rings (SSSR count). The van der Waals surface area contributed by atoms with Crippen LogP contribution in [0.2, 0.25) is 0 Å². The predicted octanol–water partition coefficient (Wildman–Crippen LogP) is 1.53. The third kappa shape index (κ3) is 1.57. The molecule has 1 aliphatic rings. The zero-order valence-corrected chi connectivity index (χ0v) is 9.41. The maximum Gasteiger partial charge on any atom is 0.0713 e. The molecule has 2 unspecified atom stereocenters. The normalized spacial score (nSPS) is 26.6. The minimum absolute atomic E-state index is 0.124. The Hall–Kier alpha value is -0.830. The molecule has 0 spiro atoms. The summed E-state index contributed by atoms with van der Waals surface area (Å²) in [5.41, 5.74) is 8.57. The lowest BCUT2D eigenvalue weighted by Gasteiger charge is -2.17. The van der Waals surface area contributed by atoms with Crippen molar-refractivity contribution >= 4 is 0 Å². The lowest BCUT2D eigenvalue weighted by Crippen LogP contribution is -2.15. The zero-order chi connectivity index (χ0) is 10.5. The fraction of sp³-hybridized carbons (Fsp3) is 0.727. The number of hydrogen-bond acceptors (Lipinski definition) is 2. The van der Waals surface area contributed by atoms with Crippen molar-refractivity contribution in [1.29, 1.82) is 0 Å². The van der Waals surface area contributed by atoms with Crippen LogP contribution in [-0.2, 0) is 12.5 Å². The number of nitrogens with two attached hydrogens (primary N) is 1. The van der Waals surface area contributed by atoms with E-state index in [1.807, 2.05) is 11.7 Å². The summed E-state index contributed by atoms with van der Waals surface area (Å²) in [4.78, 5) is 0. The summed E-state index contributed by atoms with van der Waals surface area (Å²) >= 11 is 0. The lowest BCUT2D eigenvalue weighted by atomic mass is 9.88. The van der Waals surface area contributed by atoms with Crippen LogP contribution >= 0.6 is 0 Å². The highest BCUT2D eigenvalue weighted by atomic mass is 15.3. The largest absolute Gasteiger partial charge is 0.327 e. The summed E-state index contributed by atoms with van der Waals surface area (Å²) in [5, 5.41) is 4.54. The third-order valence-corrected chi connectivity index (χ3v) is 2.81. The average Bonchev–Trinajstić information content (AvgIpc) is 2.58. The Labute approximate surface area is 85.3 Å². The quantitative estimate of drug-likeness (QED) is 0.735. The number of rotatable bonds is 1. The van der Waals surface area contributed by atoms with E-state index in [2.05, 4.69) is 32.1 Å². The first kappa shape index (κ1) is 9.71. The van der Waals surface area contributed by atoms with Crippen LogP contribution in [0.15, 0.2) is 6.20 Å². The van der Waals surface area contributed by atoms with E-state index in [-0.39, 0.29) is 5.41 Å². The second kappa shape index (κ2) is 2.83. The van der Waals surface area contributed by atoms with Crippen molar-refractivity contribution in [2.45, 2.75) is 44.6 Å². The molecular formula is C11H19N3. The van der Waals surface area contributed by atoms with E-state index in [4.69, 9.17) is 5.73 Å². The first-order chi connectivity index (χ1) is 6.39. The highest BCUT2D eigenvalue weighted by Gasteiger charge is 2.39. The van der Waals surface area contributed by atoms with Gasteiger partial charge in [0.25, 0.3) is 0 Å². The number of aryl methyl sites for hydroxylation is 1. The Morgan fingerprint density at radius 2 is 2.07 bits per heavy atom. The second-order valence-electron chi connectivity index (χ2n) is 5.36. The van der Waals surface area contributed by atoms with E-state index in [1.54, 1.807) is 0 Å². The van der Waals surface area contributed by atoms with E-state index in [0.717, 1.165) is 6.42 Å². The van der Waals surface area contributed by atoms with Crippen molar-refractivity contribution in [3.63, 3.8) is 0 Å². The molecule has 0 amide bonds. The molecule has 1 heterocycles. The topological polar surface area (TPSA) is 43.8 Å². The maximum absolute atomic E-state index is 5.88. The van der Waals surface area contributed by atoms with Gasteiger partial charge in [-0.05, 0) is 12.0 Å². The van der Waals surface area contributed by atoms with Crippen LogP contribution in [0, 0.1) is 0 Å². The van der Waals surface area contributed by atoms with Crippen LogP contribution in [-0.4, -0.2) is 15.8 Å². The van der Waals surface area contributed by atoms with Crippen molar-refractivity contribution in [1.82, 2.24) is 9.78 Å². The van der Waals surface area contributed by atoms with Crippen molar-refractivity contribution in [2.24, 2.45) is 12.8 Å². The van der Waals surface area contributed by atoms with Gasteiger partial charge in [0, 0.05) is 30.6 Å². The molecule has 0 aliphatic heterocycles. The van der Waals surface area contributed by atoms with Gasteiger partial charge >= 0.3 is 0 Å². The van der Waals surface area contributed by atoms with Crippen molar-refractivity contribution in [2.75, 3.05) is 0 Å². The van der Waals surface area contributed by atoms with E-state index in [0.29, 0.717) is 12.0 Å². The van der Waals surface area contributed by atoms with E-state index in [9.17, 15) is 0 Å². The molecule has 0 bridgehead atoms. The fourth-order valence-corrected chi connectivity index (χ4v) is 1.93. The molecule has 2 N–H and O–H groups in total. The van der Waals surface area contributed by atoms with Crippen LogP contribution in [0.3, 0.4) is 0 Å². The Bertz CT molecular complexity index is 346. The van der Waals surface area contributed by atoms with E-state index >= 15 is 0 Å². The van der Waals surface area contributed by atoms with Gasteiger partial charge in [0.2, 0.25) is 0 Å². The molecule has 3 heteroatoms. The van der Waals surface area contributed by atoms with Crippen LogP contribution in [0.1, 0.15) is 44.4 Å². The summed E-state index contributed by atoms with van der Waals surface area (Å²) < 4.78 is 1.90. The molecule has 0 radical (unpaired) electrons. The molecule has 14 heavy (non-hydrogen) atoms. The van der Waals surface area contributed by atoms with Crippen LogP contribution in [0.25, 0.3) is 0 Å². The molecule has 0 saturated heterocycles. The van der Waals surface area contributed by atoms with Gasteiger partial charge in [-0.25, -0.2) is 0 Å². The highest BCUT2D eigenvalue weighted by molar-refractivity contribution is 5.33. The van der Waals surface area contributed by atoms with Crippen molar-refractivity contribution in [3.8, 4) is 0 Å². The Balaban J connectivity index is 2.39. The van der Waals surface area contributed by atoms with Gasteiger partial charge in [-0.3, -0.25) is 4.68 Å². The van der Waals surface area contributed by atoms with Crippen LogP contribution in [0.4, 0.5) is 0 Å². The molecule has 1 aliphatic carbocycles. The molecule has 1 saturated carbocycles. The van der Waals surface area contributed by atoms with Gasteiger partial charge < -0.3 is 5.73 Å². The first-order valence-corrected chi connectivity index (χ1v) is 5.19. The molecule has 78 valence electrons. The second-order valence-corrected chi connectivity index (χ2v) is 5.36. The van der Waals surface area contributed by atoms with E-state index in [1.165, 1.54) is 11.3 Å². The van der Waals surface area contributed by atoms with Crippen LogP contribution in [0.5, 0.6) is 0 Å². The third-order valence-electron chi connectivity index (χ3n) is 2.81. The molecule has 1 aromatic rings. The minimum Gasteiger partial charge on any atom is -0.327 e. The summed E-state index contributed by atoms with van der Waals surface area (Å²) in [6.45, 7) is 6.60. The SMILES string of the molecule is Cn1cc(C2CC2N)c(C(C)(C)C)n1. The number of nitrogens with zero attached hydrogens (tertiary/aromatic N) is 2. The minimum atomic E-state index is 0.124. The fourth-order valence-electron chi connectivity index (χ4n) is 1.93. The van der Waals surface area contributed by atoms with Gasteiger partial charge in [-0.1, -0.05) is 20.8 Å². The van der Waals surface area contributed by atoms with Gasteiger partial charge in [0.05, 0.1) is 5.69 Å². The van der Waals surface area contributed by atoms with Gasteiger partial charge in [-0.15, -0.1) is 0 Å². The highest BCUT2D eigenvalue weighted by Crippen LogP contribution is 2.42. The Kier molecular flexibility index (Phi) is 1.96. The monoisotopic (exact) mass is 193 g/mol. The summed E-state index contributed by atoms with van der Waals surface area (Å²) in [6.07, 6.45) is 3.24. The summed E-state index contributed by atoms with van der Waals surface area (Å²) in [5.74, 6) is 0.554. The van der Waals surface area contributed by atoms with Crippen LogP contribution < -0.4 is 5.73 Å². The number of hydrogen-bond donors (Lipinski definition) is 1. The van der Waals surface area contributed by atoms with Crippen molar-refractivity contribution in [3.05, 3.63) is 17.5 Å². The molecule has 1 aromatic heterocycles. The lowest BCUT2D eigenvalue weighted by molar-refractivity contribution is 0.548. The molecular weight excluding hydrogens is 174 g/mol. The van der Waals surface area contributed by atoms with Gasteiger partial charge in [0.15, 0.2) is 0 Å². The molecule has 3 nitrogen and oxygen atoms in total. The first-order valence-electron chi connectivity index (χ1n) is 5.19. The Morgan fingerprint density at radius 1 is 1.50 bits per heavy atom. The summed E-state index contributed by atoms with van der Waals surface area (Å²) in [6, 6.07) is 0.361. The average molecular weight is 193 g/mol. The number of aromatic nitrogens is 2. The molecule has 0 aromatic carbocycles. The van der Waals surface area contributed by atoms with Crippen molar-refractivity contribution < 1.29 is 0 Å².